The van der Waals surface area contributed by atoms with Crippen molar-refractivity contribution in [3.8, 4) is 0 Å². The molecule has 1 amide bonds. The van der Waals surface area contributed by atoms with Crippen molar-refractivity contribution in [1.29, 1.82) is 0 Å². The van der Waals surface area contributed by atoms with Crippen LogP contribution < -0.4 is 16.1 Å². The Kier molecular flexibility index (Phi) is 6.73. The normalized spacial score (nSPS) is 18.4. The average molecular weight is 563 g/mol. The molecule has 13 heteroatoms. The summed E-state index contributed by atoms with van der Waals surface area (Å²) < 4.78 is 28.5. The minimum Gasteiger partial charge on any atom is -0.348 e. The number of thioether (sulfide) groups is 1. The Morgan fingerprint density at radius 2 is 1.90 bits per heavy atom. The van der Waals surface area contributed by atoms with Gasteiger partial charge < -0.3 is 16.1 Å². The van der Waals surface area contributed by atoms with Gasteiger partial charge in [0, 0.05) is 36.8 Å². The van der Waals surface area contributed by atoms with Crippen LogP contribution in [-0.2, 0) is 10.0 Å². The first-order valence-electron chi connectivity index (χ1n) is 12.3. The second kappa shape index (κ2) is 10.3. The first kappa shape index (κ1) is 25.4. The number of hydrogen-bond acceptors (Lipinski definition) is 9. The zero-order chi connectivity index (χ0) is 27.0. The summed E-state index contributed by atoms with van der Waals surface area (Å²) in [6.45, 7) is 0.494. The molecule has 0 aliphatic carbocycles. The van der Waals surface area contributed by atoms with Crippen molar-refractivity contribution in [2.75, 3.05) is 25.5 Å². The van der Waals surface area contributed by atoms with Crippen LogP contribution in [0.25, 0.3) is 5.52 Å². The largest absolute Gasteiger partial charge is 0.348 e. The van der Waals surface area contributed by atoms with Crippen LogP contribution >= 0.6 is 11.8 Å². The molecule has 1 saturated heterocycles. The second-order valence-corrected chi connectivity index (χ2v) is 12.3. The maximum Gasteiger partial charge on any atom is 0.251 e. The summed E-state index contributed by atoms with van der Waals surface area (Å²) in [5, 5.41) is 13.4. The minimum atomic E-state index is -3.54. The summed E-state index contributed by atoms with van der Waals surface area (Å²) in [5.74, 6) is 0.491. The van der Waals surface area contributed by atoms with Gasteiger partial charge in [-0.15, -0.1) is 0 Å². The first-order valence-corrected chi connectivity index (χ1v) is 14.5. The van der Waals surface area contributed by atoms with Crippen molar-refractivity contribution in [3.63, 3.8) is 0 Å². The summed E-state index contributed by atoms with van der Waals surface area (Å²) >= 11 is 1.51. The number of carbonyl (C=O) groups excluding carboxylic acids is 1. The number of hydrogen-bond donors (Lipinski definition) is 3. The van der Waals surface area contributed by atoms with Crippen LogP contribution in [0, 0.1) is 0 Å². The van der Waals surface area contributed by atoms with E-state index in [0.717, 1.165) is 21.3 Å². The second-order valence-electron chi connectivity index (χ2n) is 9.22. The number of rotatable bonds is 8. The number of hydrazine groups is 1. The number of benzene rings is 2. The van der Waals surface area contributed by atoms with E-state index in [1.807, 2.05) is 48.6 Å². The average Bonchev–Trinajstić information content (AvgIpc) is 3.53. The number of aromatic nitrogens is 3. The third-order valence-corrected chi connectivity index (χ3v) is 9.30. The fourth-order valence-corrected chi connectivity index (χ4v) is 6.94. The molecule has 2 aromatic heterocycles. The van der Waals surface area contributed by atoms with Gasteiger partial charge in [-0.1, -0.05) is 36.0 Å². The van der Waals surface area contributed by atoms with Crippen LogP contribution in [0.5, 0.6) is 0 Å². The first-order chi connectivity index (χ1) is 18.9. The van der Waals surface area contributed by atoms with E-state index in [4.69, 9.17) is 0 Å². The molecular weight excluding hydrogens is 536 g/mol. The molecule has 1 fully saturated rings. The van der Waals surface area contributed by atoms with Crippen molar-refractivity contribution in [1.82, 2.24) is 34.7 Å². The van der Waals surface area contributed by atoms with Gasteiger partial charge in [0.15, 0.2) is 5.82 Å². The zero-order valence-electron chi connectivity index (χ0n) is 20.9. The molecule has 2 aliphatic rings. The van der Waals surface area contributed by atoms with Crippen LogP contribution in [0.4, 0.5) is 5.82 Å². The number of nitrogens with one attached hydrogen (secondary N) is 3. The number of sulfonamides is 1. The van der Waals surface area contributed by atoms with E-state index in [1.165, 1.54) is 22.4 Å². The van der Waals surface area contributed by atoms with Gasteiger partial charge in [0.25, 0.3) is 5.91 Å². The molecule has 39 heavy (non-hydrogen) atoms. The van der Waals surface area contributed by atoms with Crippen molar-refractivity contribution in [3.05, 3.63) is 95.9 Å². The molecule has 200 valence electrons. The van der Waals surface area contributed by atoms with E-state index < -0.39 is 10.0 Å². The topological polar surface area (TPSA) is 124 Å². The molecular formula is C26H26N8O3S2. The number of nitrogens with zero attached hydrogens (tertiary/aromatic N) is 5. The zero-order valence-corrected chi connectivity index (χ0v) is 22.6. The van der Waals surface area contributed by atoms with Crippen LogP contribution in [0.3, 0.4) is 0 Å². The highest BCUT2D eigenvalue weighted by Gasteiger charge is 2.37. The Bertz CT molecular complexity index is 1650. The quantitative estimate of drug-likeness (QED) is 0.297. The molecule has 2 aliphatic heterocycles. The highest BCUT2D eigenvalue weighted by Crippen LogP contribution is 2.30. The van der Waals surface area contributed by atoms with E-state index in [-0.39, 0.29) is 36.1 Å². The van der Waals surface area contributed by atoms with Gasteiger partial charge in [0.05, 0.1) is 16.0 Å². The standard InChI is InChI=1S/C26H26N8O3S2/c1-32-23(30-25-22-11-6-12-34(22)28-17-27-25)14-24(31-32)38-20-8-5-7-18(13-20)26(35)29-19-15-33(16-19)39(36,37)21-9-3-2-4-10-21/h2-14,17,19,23,31H,15-16H2,1H3,(H,29,35)(H,27,28,30). The fraction of sp³-hybridized carbons (Fsp3) is 0.192. The summed E-state index contributed by atoms with van der Waals surface area (Å²) in [6, 6.07) is 19.3. The van der Waals surface area contributed by atoms with Crippen molar-refractivity contribution < 1.29 is 13.2 Å². The molecule has 0 spiro atoms. The lowest BCUT2D eigenvalue weighted by Gasteiger charge is -2.38. The van der Waals surface area contributed by atoms with Crippen molar-refractivity contribution in [2.24, 2.45) is 0 Å². The van der Waals surface area contributed by atoms with Crippen LogP contribution in [0.15, 0.2) is 100 Å². The van der Waals surface area contributed by atoms with Gasteiger partial charge in [0.2, 0.25) is 10.0 Å². The van der Waals surface area contributed by atoms with E-state index in [9.17, 15) is 13.2 Å². The molecule has 11 nitrogen and oxygen atoms in total. The van der Waals surface area contributed by atoms with E-state index in [2.05, 4.69) is 32.2 Å². The lowest BCUT2D eigenvalue weighted by Crippen LogP contribution is -2.60. The van der Waals surface area contributed by atoms with E-state index in [1.54, 1.807) is 40.9 Å². The summed E-state index contributed by atoms with van der Waals surface area (Å²) in [5.41, 5.74) is 4.73. The highest BCUT2D eigenvalue weighted by molar-refractivity contribution is 8.03. The summed E-state index contributed by atoms with van der Waals surface area (Å²) in [7, 11) is -1.61. The summed E-state index contributed by atoms with van der Waals surface area (Å²) in [4.78, 5) is 18.4. The van der Waals surface area contributed by atoms with Gasteiger partial charge in [-0.05, 0) is 48.5 Å². The maximum absolute atomic E-state index is 12.9. The molecule has 3 N–H and O–H groups in total. The van der Waals surface area contributed by atoms with Gasteiger partial charge >= 0.3 is 0 Å². The molecule has 4 heterocycles. The van der Waals surface area contributed by atoms with Crippen LogP contribution in [0.1, 0.15) is 10.4 Å². The molecule has 6 rings (SSSR count). The van der Waals surface area contributed by atoms with Crippen LogP contribution in [0.2, 0.25) is 0 Å². The van der Waals surface area contributed by atoms with Crippen molar-refractivity contribution >= 4 is 39.0 Å². The predicted molar refractivity (Wildman–Crippen MR) is 148 cm³/mol. The SMILES string of the molecule is CN1NC(Sc2cccc(C(=O)NC3CN(S(=O)(=O)c4ccccc4)C3)c2)=CC1Nc1ncnn2cccc12. The summed E-state index contributed by atoms with van der Waals surface area (Å²) in [6.07, 6.45) is 5.29. The predicted octanol–water partition coefficient (Wildman–Crippen LogP) is 2.35. The molecule has 4 aromatic rings. The lowest BCUT2D eigenvalue weighted by molar-refractivity contribution is 0.0895. The number of likely N-dealkylation sites (N-methyl/N-ethyl adjacent to an activating group) is 1. The third kappa shape index (κ3) is 5.21. The Labute approximate surface area is 229 Å². The Hall–Kier alpha value is -3.91. The molecule has 0 bridgehead atoms. The fourth-order valence-electron chi connectivity index (χ4n) is 4.41. The van der Waals surface area contributed by atoms with E-state index in [0.29, 0.717) is 5.56 Å². The Balaban J connectivity index is 1.06. The van der Waals surface area contributed by atoms with Gasteiger partial charge in [-0.25, -0.2) is 22.9 Å². The molecule has 0 radical (unpaired) electrons. The minimum absolute atomic E-state index is 0.138. The Morgan fingerprint density at radius 3 is 2.72 bits per heavy atom. The number of anilines is 1. The molecule has 0 saturated carbocycles. The maximum atomic E-state index is 12.9. The van der Waals surface area contributed by atoms with Crippen LogP contribution in [-0.4, -0.2) is 70.6 Å². The number of amides is 1. The van der Waals surface area contributed by atoms with Crippen molar-refractivity contribution in [2.45, 2.75) is 22.0 Å². The highest BCUT2D eigenvalue weighted by atomic mass is 32.2. The van der Waals surface area contributed by atoms with Gasteiger partial charge in [0.1, 0.15) is 18.0 Å². The number of carbonyl (C=O) groups is 1. The third-order valence-electron chi connectivity index (χ3n) is 6.52. The molecule has 2 aromatic carbocycles. The number of fused-ring (bicyclic) bond motifs is 1. The monoisotopic (exact) mass is 562 g/mol. The molecule has 1 unspecified atom stereocenters. The van der Waals surface area contributed by atoms with Gasteiger partial charge in [-0.3, -0.25) is 4.79 Å². The van der Waals surface area contributed by atoms with Gasteiger partial charge in [-0.2, -0.15) is 9.40 Å². The molecule has 1 atom stereocenters. The smallest absolute Gasteiger partial charge is 0.251 e. The van der Waals surface area contributed by atoms with E-state index >= 15 is 0 Å². The Morgan fingerprint density at radius 1 is 1.08 bits per heavy atom. The lowest BCUT2D eigenvalue weighted by atomic mass is 10.1.